The van der Waals surface area contributed by atoms with E-state index in [1.165, 1.54) is 12.1 Å². The molecule has 0 aromatic heterocycles. The molecule has 3 rings (SSSR count). The highest BCUT2D eigenvalue weighted by Gasteiger charge is 2.32. The Morgan fingerprint density at radius 3 is 2.75 bits per heavy atom. The van der Waals surface area contributed by atoms with Gasteiger partial charge in [-0.3, -0.25) is 4.90 Å². The molecule has 1 N–H and O–H groups in total. The van der Waals surface area contributed by atoms with E-state index in [9.17, 15) is 9.50 Å². The molecule has 2 aliphatic rings. The topological polar surface area (TPSA) is 41.9 Å². The summed E-state index contributed by atoms with van der Waals surface area (Å²) in [6.45, 7) is 3.31. The first kappa shape index (κ1) is 13.8. The zero-order valence-electron chi connectivity index (χ0n) is 11.4. The highest BCUT2D eigenvalue weighted by atomic mass is 19.1. The third-order valence-corrected chi connectivity index (χ3v) is 4.06. The van der Waals surface area contributed by atoms with Crippen LogP contribution in [0, 0.1) is 5.82 Å². The summed E-state index contributed by atoms with van der Waals surface area (Å²) in [5.74, 6) is 0.160. The Bertz CT molecular complexity index is 452. The van der Waals surface area contributed by atoms with Crippen molar-refractivity contribution in [3.05, 3.63) is 30.1 Å². The Morgan fingerprint density at radius 1 is 1.25 bits per heavy atom. The summed E-state index contributed by atoms with van der Waals surface area (Å²) in [7, 11) is 0. The second-order valence-corrected chi connectivity index (χ2v) is 5.49. The molecule has 0 saturated carbocycles. The number of rotatable bonds is 3. The lowest BCUT2D eigenvalue weighted by Gasteiger charge is -2.36. The van der Waals surface area contributed by atoms with Crippen molar-refractivity contribution in [1.82, 2.24) is 4.90 Å². The molecule has 0 bridgehead atoms. The summed E-state index contributed by atoms with van der Waals surface area (Å²) in [6, 6.07) is 6.56. The van der Waals surface area contributed by atoms with Crippen LogP contribution in [0.15, 0.2) is 24.3 Å². The van der Waals surface area contributed by atoms with Crippen LogP contribution in [0.1, 0.15) is 12.8 Å². The van der Waals surface area contributed by atoms with Crippen molar-refractivity contribution in [2.24, 2.45) is 0 Å². The molecule has 2 atom stereocenters. The molecule has 2 heterocycles. The second kappa shape index (κ2) is 6.08. The number of aliphatic hydroxyl groups excluding tert-OH is 1. The van der Waals surface area contributed by atoms with Crippen molar-refractivity contribution in [2.75, 3.05) is 26.3 Å². The molecule has 2 saturated heterocycles. The van der Waals surface area contributed by atoms with Crippen LogP contribution in [0.5, 0.6) is 5.75 Å². The standard InChI is InChI=1S/C15H20FNO3/c16-11-2-1-3-13(8-11)20-15-5-7-17(6-4-14(15)18)12-9-19-10-12/h1-3,8,12,14-15,18H,4-7,9-10H2/t14-,15-/m0/s1. The highest BCUT2D eigenvalue weighted by Crippen LogP contribution is 2.22. The largest absolute Gasteiger partial charge is 0.488 e. The van der Waals surface area contributed by atoms with Gasteiger partial charge in [0.2, 0.25) is 0 Å². The lowest BCUT2D eigenvalue weighted by molar-refractivity contribution is -0.0645. The van der Waals surface area contributed by atoms with Gasteiger partial charge in [-0.2, -0.15) is 0 Å². The summed E-state index contributed by atoms with van der Waals surface area (Å²) in [5.41, 5.74) is 0. The maximum absolute atomic E-state index is 13.2. The maximum Gasteiger partial charge on any atom is 0.126 e. The molecule has 1 aromatic rings. The normalized spacial score (nSPS) is 28.7. The number of hydrogen-bond acceptors (Lipinski definition) is 4. The Kier molecular flexibility index (Phi) is 4.19. The van der Waals surface area contributed by atoms with E-state index in [0.717, 1.165) is 32.7 Å². The van der Waals surface area contributed by atoms with Crippen molar-refractivity contribution in [3.63, 3.8) is 0 Å². The lowest BCUT2D eigenvalue weighted by Crippen LogP contribution is -2.49. The molecule has 20 heavy (non-hydrogen) atoms. The fourth-order valence-corrected chi connectivity index (χ4v) is 2.73. The van der Waals surface area contributed by atoms with Gasteiger partial charge in [-0.05, 0) is 25.0 Å². The fraction of sp³-hybridized carbons (Fsp3) is 0.600. The van der Waals surface area contributed by atoms with Gasteiger partial charge in [0.05, 0.1) is 25.4 Å². The van der Waals surface area contributed by atoms with E-state index < -0.39 is 6.10 Å². The SMILES string of the molecule is O[C@H]1CCN(C2COC2)CC[C@@H]1Oc1cccc(F)c1. The number of ether oxygens (including phenoxy) is 2. The van der Waals surface area contributed by atoms with Gasteiger partial charge in [0.25, 0.3) is 0 Å². The van der Waals surface area contributed by atoms with Crippen LogP contribution in [0.25, 0.3) is 0 Å². The van der Waals surface area contributed by atoms with Crippen LogP contribution in [0.3, 0.4) is 0 Å². The average Bonchev–Trinajstić information content (AvgIpc) is 2.53. The smallest absolute Gasteiger partial charge is 0.126 e. The number of aliphatic hydroxyl groups is 1. The molecular weight excluding hydrogens is 261 g/mol. The van der Waals surface area contributed by atoms with Crippen LogP contribution in [0.2, 0.25) is 0 Å². The minimum absolute atomic E-state index is 0.275. The predicted molar refractivity (Wildman–Crippen MR) is 72.2 cm³/mol. The van der Waals surface area contributed by atoms with E-state index in [1.807, 2.05) is 0 Å². The first-order valence-corrected chi connectivity index (χ1v) is 7.14. The van der Waals surface area contributed by atoms with Crippen molar-refractivity contribution < 1.29 is 19.0 Å². The molecule has 5 heteroatoms. The molecule has 0 radical (unpaired) electrons. The minimum Gasteiger partial charge on any atom is -0.488 e. The number of benzene rings is 1. The van der Waals surface area contributed by atoms with Crippen LogP contribution in [0.4, 0.5) is 4.39 Å². The minimum atomic E-state index is -0.510. The summed E-state index contributed by atoms with van der Waals surface area (Å²) < 4.78 is 24.1. The van der Waals surface area contributed by atoms with Crippen molar-refractivity contribution in [2.45, 2.75) is 31.1 Å². The number of likely N-dealkylation sites (tertiary alicyclic amines) is 1. The third kappa shape index (κ3) is 3.11. The van der Waals surface area contributed by atoms with Crippen LogP contribution < -0.4 is 4.74 Å². The Hall–Kier alpha value is -1.17. The van der Waals surface area contributed by atoms with Crippen LogP contribution in [-0.2, 0) is 4.74 Å². The monoisotopic (exact) mass is 281 g/mol. The number of hydrogen-bond donors (Lipinski definition) is 1. The number of nitrogens with zero attached hydrogens (tertiary/aromatic N) is 1. The Labute approximate surface area is 118 Å². The molecule has 0 aliphatic carbocycles. The van der Waals surface area contributed by atoms with E-state index in [-0.39, 0.29) is 11.9 Å². The van der Waals surface area contributed by atoms with Crippen LogP contribution in [-0.4, -0.2) is 54.6 Å². The van der Waals surface area contributed by atoms with E-state index in [4.69, 9.17) is 9.47 Å². The number of halogens is 1. The van der Waals surface area contributed by atoms with Crippen LogP contribution >= 0.6 is 0 Å². The van der Waals surface area contributed by atoms with Gasteiger partial charge in [-0.1, -0.05) is 6.07 Å². The molecule has 2 fully saturated rings. The maximum atomic E-state index is 13.2. The molecule has 1 aromatic carbocycles. The summed E-state index contributed by atoms with van der Waals surface area (Å²) >= 11 is 0. The quantitative estimate of drug-likeness (QED) is 0.910. The van der Waals surface area contributed by atoms with Gasteiger partial charge in [-0.25, -0.2) is 4.39 Å². The molecular formula is C15H20FNO3. The van der Waals surface area contributed by atoms with Gasteiger partial charge in [0, 0.05) is 19.2 Å². The summed E-state index contributed by atoms with van der Waals surface area (Å²) in [4.78, 5) is 2.35. The first-order chi connectivity index (χ1) is 9.72. The second-order valence-electron chi connectivity index (χ2n) is 5.49. The van der Waals surface area contributed by atoms with E-state index >= 15 is 0 Å². The van der Waals surface area contributed by atoms with Crippen molar-refractivity contribution >= 4 is 0 Å². The molecule has 0 spiro atoms. The molecule has 4 nitrogen and oxygen atoms in total. The predicted octanol–water partition coefficient (Wildman–Crippen LogP) is 1.43. The Balaban J connectivity index is 1.61. The van der Waals surface area contributed by atoms with Crippen molar-refractivity contribution in [3.8, 4) is 5.75 Å². The van der Waals surface area contributed by atoms with Gasteiger partial charge >= 0.3 is 0 Å². The fourth-order valence-electron chi connectivity index (χ4n) is 2.73. The summed E-state index contributed by atoms with van der Waals surface area (Å²) in [5, 5.41) is 10.2. The highest BCUT2D eigenvalue weighted by molar-refractivity contribution is 5.22. The Morgan fingerprint density at radius 2 is 2.05 bits per heavy atom. The zero-order chi connectivity index (χ0) is 13.9. The molecule has 0 unspecified atom stereocenters. The van der Waals surface area contributed by atoms with Gasteiger partial charge in [-0.15, -0.1) is 0 Å². The molecule has 2 aliphatic heterocycles. The van der Waals surface area contributed by atoms with Crippen molar-refractivity contribution in [1.29, 1.82) is 0 Å². The van der Waals surface area contributed by atoms with E-state index in [0.29, 0.717) is 18.2 Å². The van der Waals surface area contributed by atoms with E-state index in [1.54, 1.807) is 12.1 Å². The van der Waals surface area contributed by atoms with Gasteiger partial charge in [0.15, 0.2) is 0 Å². The molecule has 0 amide bonds. The first-order valence-electron chi connectivity index (χ1n) is 7.14. The van der Waals surface area contributed by atoms with E-state index in [2.05, 4.69) is 4.90 Å². The van der Waals surface area contributed by atoms with Gasteiger partial charge in [0.1, 0.15) is 17.7 Å². The third-order valence-electron chi connectivity index (χ3n) is 4.06. The zero-order valence-corrected chi connectivity index (χ0v) is 11.4. The average molecular weight is 281 g/mol. The van der Waals surface area contributed by atoms with Gasteiger partial charge < -0.3 is 14.6 Å². The lowest BCUT2D eigenvalue weighted by atomic mass is 10.1. The molecule has 110 valence electrons. The summed E-state index contributed by atoms with van der Waals surface area (Å²) in [6.07, 6.45) is 0.636.